The number of rotatable bonds is 4. The third kappa shape index (κ3) is 3.34. The van der Waals surface area contributed by atoms with E-state index in [9.17, 15) is 4.79 Å². The van der Waals surface area contributed by atoms with Crippen LogP contribution in [0.15, 0.2) is 36.7 Å². The lowest BCUT2D eigenvalue weighted by atomic mass is 9.90. The van der Waals surface area contributed by atoms with Crippen molar-refractivity contribution in [1.29, 1.82) is 0 Å². The van der Waals surface area contributed by atoms with Gasteiger partial charge in [-0.05, 0) is 44.4 Å². The number of imidazole rings is 1. The first-order chi connectivity index (χ1) is 11.5. The fraction of sp³-hybridized carbons (Fsp3) is 0.444. The van der Waals surface area contributed by atoms with Gasteiger partial charge in [0.05, 0.1) is 11.6 Å². The summed E-state index contributed by atoms with van der Waals surface area (Å²) in [5, 5.41) is 3.03. The molecule has 0 spiro atoms. The average Bonchev–Trinajstić information content (AvgIpc) is 3.01. The molecular formula is C18H24N4O2. The summed E-state index contributed by atoms with van der Waals surface area (Å²) in [6.45, 7) is 5.01. The molecule has 3 rings (SSSR count). The minimum atomic E-state index is -0.819. The van der Waals surface area contributed by atoms with E-state index in [0.29, 0.717) is 26.1 Å². The van der Waals surface area contributed by atoms with Gasteiger partial charge in [0.15, 0.2) is 0 Å². The Morgan fingerprint density at radius 3 is 2.58 bits per heavy atom. The van der Waals surface area contributed by atoms with Crippen LogP contribution >= 0.6 is 0 Å². The zero-order valence-electron chi connectivity index (χ0n) is 14.2. The monoisotopic (exact) mass is 328 g/mol. The van der Waals surface area contributed by atoms with E-state index in [2.05, 4.69) is 10.3 Å². The Morgan fingerprint density at radius 2 is 2.00 bits per heavy atom. The average molecular weight is 328 g/mol. The molecule has 0 radical (unpaired) electrons. The number of amides is 1. The Labute approximate surface area is 142 Å². The number of hydrogen-bond donors (Lipinski definition) is 2. The molecule has 1 unspecified atom stereocenters. The van der Waals surface area contributed by atoms with Gasteiger partial charge in [-0.15, -0.1) is 0 Å². The SMILES string of the molecule is Cc1nccn1-c1ccc(C(C)NC(=O)C2(N)CCOCC2)cc1. The highest BCUT2D eigenvalue weighted by Crippen LogP contribution is 2.21. The predicted molar refractivity (Wildman–Crippen MR) is 91.8 cm³/mol. The van der Waals surface area contributed by atoms with Crippen LogP contribution in [0.3, 0.4) is 0 Å². The highest BCUT2D eigenvalue weighted by atomic mass is 16.5. The van der Waals surface area contributed by atoms with Crippen LogP contribution in [0.4, 0.5) is 0 Å². The third-order valence-corrected chi connectivity index (χ3v) is 4.68. The van der Waals surface area contributed by atoms with Crippen molar-refractivity contribution >= 4 is 5.91 Å². The second-order valence-electron chi connectivity index (χ2n) is 6.40. The molecule has 0 aliphatic carbocycles. The van der Waals surface area contributed by atoms with Crippen molar-refractivity contribution in [3.63, 3.8) is 0 Å². The Kier molecular flexibility index (Phi) is 4.69. The van der Waals surface area contributed by atoms with Crippen LogP contribution in [0, 0.1) is 6.92 Å². The molecule has 1 aromatic carbocycles. The highest BCUT2D eigenvalue weighted by molar-refractivity contribution is 5.86. The van der Waals surface area contributed by atoms with Gasteiger partial charge < -0.3 is 20.4 Å². The van der Waals surface area contributed by atoms with Gasteiger partial charge >= 0.3 is 0 Å². The number of ether oxygens (including phenoxy) is 1. The van der Waals surface area contributed by atoms with E-state index in [1.807, 2.05) is 48.9 Å². The molecule has 1 fully saturated rings. The summed E-state index contributed by atoms with van der Waals surface area (Å²) in [7, 11) is 0. The van der Waals surface area contributed by atoms with E-state index in [0.717, 1.165) is 17.1 Å². The molecule has 1 aliphatic heterocycles. The van der Waals surface area contributed by atoms with Crippen LogP contribution in [0.2, 0.25) is 0 Å². The Morgan fingerprint density at radius 1 is 1.33 bits per heavy atom. The largest absolute Gasteiger partial charge is 0.381 e. The lowest BCUT2D eigenvalue weighted by molar-refractivity contribution is -0.130. The second-order valence-corrected chi connectivity index (χ2v) is 6.40. The first kappa shape index (κ1) is 16.7. The molecule has 128 valence electrons. The van der Waals surface area contributed by atoms with E-state index >= 15 is 0 Å². The fourth-order valence-corrected chi connectivity index (χ4v) is 2.96. The molecule has 6 heteroatoms. The van der Waals surface area contributed by atoms with E-state index in [1.54, 1.807) is 6.20 Å². The van der Waals surface area contributed by atoms with Gasteiger partial charge in [0.2, 0.25) is 5.91 Å². The molecule has 2 aromatic rings. The summed E-state index contributed by atoms with van der Waals surface area (Å²) in [4.78, 5) is 16.7. The normalized spacial score (nSPS) is 18.1. The number of nitrogens with zero attached hydrogens (tertiary/aromatic N) is 2. The summed E-state index contributed by atoms with van der Waals surface area (Å²) in [6.07, 6.45) is 4.83. The number of nitrogens with one attached hydrogen (secondary N) is 1. The predicted octanol–water partition coefficient (Wildman–Crippen LogP) is 1.87. The molecule has 1 aliphatic rings. The zero-order chi connectivity index (χ0) is 17.2. The number of hydrogen-bond acceptors (Lipinski definition) is 4. The number of aryl methyl sites for hydroxylation is 1. The first-order valence-electron chi connectivity index (χ1n) is 8.27. The van der Waals surface area contributed by atoms with Crippen LogP contribution in [-0.2, 0) is 9.53 Å². The maximum atomic E-state index is 12.5. The smallest absolute Gasteiger partial charge is 0.240 e. The topological polar surface area (TPSA) is 82.2 Å². The van der Waals surface area contributed by atoms with Crippen molar-refractivity contribution in [1.82, 2.24) is 14.9 Å². The molecule has 3 N–H and O–H groups in total. The van der Waals surface area contributed by atoms with E-state index in [1.165, 1.54) is 0 Å². The van der Waals surface area contributed by atoms with Gasteiger partial charge in [0.1, 0.15) is 5.82 Å². The van der Waals surface area contributed by atoms with E-state index in [-0.39, 0.29) is 11.9 Å². The van der Waals surface area contributed by atoms with Gasteiger partial charge in [0, 0.05) is 31.3 Å². The van der Waals surface area contributed by atoms with Crippen LogP contribution in [0.5, 0.6) is 0 Å². The molecule has 1 amide bonds. The maximum Gasteiger partial charge on any atom is 0.240 e. The van der Waals surface area contributed by atoms with E-state index in [4.69, 9.17) is 10.5 Å². The zero-order valence-corrected chi connectivity index (χ0v) is 14.2. The van der Waals surface area contributed by atoms with Crippen molar-refractivity contribution < 1.29 is 9.53 Å². The lowest BCUT2D eigenvalue weighted by Crippen LogP contribution is -2.57. The van der Waals surface area contributed by atoms with E-state index < -0.39 is 5.54 Å². The summed E-state index contributed by atoms with van der Waals surface area (Å²) in [5.41, 5.74) is 7.50. The maximum absolute atomic E-state index is 12.5. The standard InChI is InChI=1S/C18H24N4O2/c1-13(21-17(23)18(19)7-11-24-12-8-18)15-3-5-16(6-4-15)22-10-9-20-14(22)2/h3-6,9-10,13H,7-8,11-12,19H2,1-2H3,(H,21,23). The van der Waals surface area contributed by atoms with Gasteiger partial charge in [0.25, 0.3) is 0 Å². The van der Waals surface area contributed by atoms with Crippen LogP contribution < -0.4 is 11.1 Å². The molecule has 1 aromatic heterocycles. The van der Waals surface area contributed by atoms with Crippen molar-refractivity contribution in [3.8, 4) is 5.69 Å². The summed E-state index contributed by atoms with van der Waals surface area (Å²) < 4.78 is 7.31. The molecule has 6 nitrogen and oxygen atoms in total. The lowest BCUT2D eigenvalue weighted by Gasteiger charge is -2.33. The highest BCUT2D eigenvalue weighted by Gasteiger charge is 2.36. The van der Waals surface area contributed by atoms with Gasteiger partial charge in [-0.3, -0.25) is 4.79 Å². The molecular weight excluding hydrogens is 304 g/mol. The molecule has 1 saturated heterocycles. The Hall–Kier alpha value is -2.18. The van der Waals surface area contributed by atoms with Crippen LogP contribution in [0.25, 0.3) is 5.69 Å². The molecule has 0 bridgehead atoms. The van der Waals surface area contributed by atoms with Gasteiger partial charge in [-0.25, -0.2) is 4.98 Å². The summed E-state index contributed by atoms with van der Waals surface area (Å²) >= 11 is 0. The summed E-state index contributed by atoms with van der Waals surface area (Å²) in [6, 6.07) is 8.00. The number of aromatic nitrogens is 2. The van der Waals surface area contributed by atoms with Crippen LogP contribution in [0.1, 0.15) is 37.2 Å². The quantitative estimate of drug-likeness (QED) is 0.897. The number of carbonyl (C=O) groups excluding carboxylic acids is 1. The number of carbonyl (C=O) groups is 1. The second kappa shape index (κ2) is 6.75. The van der Waals surface area contributed by atoms with Crippen molar-refractivity contribution in [2.45, 2.75) is 38.3 Å². The minimum absolute atomic E-state index is 0.0984. The first-order valence-corrected chi connectivity index (χ1v) is 8.27. The van der Waals surface area contributed by atoms with Gasteiger partial charge in [-0.1, -0.05) is 12.1 Å². The number of nitrogens with two attached hydrogens (primary N) is 1. The third-order valence-electron chi connectivity index (χ3n) is 4.68. The van der Waals surface area contributed by atoms with Crippen molar-refractivity contribution in [2.75, 3.05) is 13.2 Å². The molecule has 0 saturated carbocycles. The molecule has 2 heterocycles. The number of benzene rings is 1. The fourth-order valence-electron chi connectivity index (χ4n) is 2.96. The minimum Gasteiger partial charge on any atom is -0.381 e. The Bertz CT molecular complexity index is 702. The van der Waals surface area contributed by atoms with Crippen LogP contribution in [-0.4, -0.2) is 34.2 Å². The van der Waals surface area contributed by atoms with Crippen molar-refractivity contribution in [3.05, 3.63) is 48.0 Å². The molecule has 24 heavy (non-hydrogen) atoms. The van der Waals surface area contributed by atoms with Crippen molar-refractivity contribution in [2.24, 2.45) is 5.73 Å². The Balaban J connectivity index is 1.68. The van der Waals surface area contributed by atoms with Gasteiger partial charge in [-0.2, -0.15) is 0 Å². The molecule has 1 atom stereocenters. The summed E-state index contributed by atoms with van der Waals surface area (Å²) in [5.74, 6) is 0.835.